The average Bonchev–Trinajstić information content (AvgIpc) is 2.80. The van der Waals surface area contributed by atoms with Gasteiger partial charge in [0.15, 0.2) is 0 Å². The number of carboxylic acid groups (broad SMARTS) is 1. The van der Waals surface area contributed by atoms with Crippen molar-refractivity contribution in [2.75, 3.05) is 20.2 Å². The summed E-state index contributed by atoms with van der Waals surface area (Å²) in [5.41, 5.74) is 0. The molecule has 2 unspecified atom stereocenters. The fraction of sp³-hybridized carbons (Fsp3) is 0.727. The lowest BCUT2D eigenvalue weighted by atomic mass is 10.2. The van der Waals surface area contributed by atoms with Crippen molar-refractivity contribution in [3.8, 4) is 0 Å². The molecule has 10 heteroatoms. The zero-order valence-electron chi connectivity index (χ0n) is 11.1. The molecule has 0 aromatic carbocycles. The van der Waals surface area contributed by atoms with Crippen LogP contribution in [0.4, 0.5) is 13.2 Å². The van der Waals surface area contributed by atoms with Gasteiger partial charge in [-0.05, 0) is 0 Å². The summed E-state index contributed by atoms with van der Waals surface area (Å²) in [7, 11) is 1.35. The largest absolute Gasteiger partial charge is 0.480 e. The Balaban J connectivity index is 2.57. The predicted molar refractivity (Wildman–Crippen MR) is 62.2 cm³/mol. The SMILES string of the molecule is COC1CC(C(=O)O)N(C(=O)CC(=O)NCC(F)(F)F)C1. The maximum absolute atomic E-state index is 11.9. The molecule has 0 aliphatic carbocycles. The number of hydrogen-bond donors (Lipinski definition) is 2. The minimum Gasteiger partial charge on any atom is -0.480 e. The molecule has 2 atom stereocenters. The van der Waals surface area contributed by atoms with Gasteiger partial charge < -0.3 is 20.1 Å². The Hall–Kier alpha value is -1.84. The summed E-state index contributed by atoms with van der Waals surface area (Å²) in [6, 6.07) is -1.14. The van der Waals surface area contributed by atoms with Gasteiger partial charge in [0.25, 0.3) is 0 Å². The van der Waals surface area contributed by atoms with Crippen LogP contribution in [0.3, 0.4) is 0 Å². The second-order valence-electron chi connectivity index (χ2n) is 4.56. The van der Waals surface area contributed by atoms with Crippen molar-refractivity contribution in [2.45, 2.75) is 31.2 Å². The van der Waals surface area contributed by atoms with E-state index in [0.717, 1.165) is 4.90 Å². The van der Waals surface area contributed by atoms with Crippen LogP contribution in [-0.2, 0) is 19.1 Å². The molecule has 7 nitrogen and oxygen atoms in total. The molecule has 1 rings (SSSR count). The van der Waals surface area contributed by atoms with Crippen molar-refractivity contribution < 1.29 is 37.4 Å². The van der Waals surface area contributed by atoms with Crippen molar-refractivity contribution in [1.29, 1.82) is 0 Å². The first-order valence-electron chi connectivity index (χ1n) is 6.02. The Bertz CT molecular complexity index is 427. The Morgan fingerprint density at radius 3 is 2.48 bits per heavy atom. The highest BCUT2D eigenvalue weighted by molar-refractivity contribution is 5.98. The molecule has 2 amide bonds. The average molecular weight is 312 g/mol. The Morgan fingerprint density at radius 2 is 2.00 bits per heavy atom. The summed E-state index contributed by atoms with van der Waals surface area (Å²) in [6.45, 7) is -1.55. The molecule has 0 saturated carbocycles. The van der Waals surface area contributed by atoms with Crippen molar-refractivity contribution in [3.63, 3.8) is 0 Å². The first-order chi connectivity index (χ1) is 9.64. The van der Waals surface area contributed by atoms with Crippen LogP contribution < -0.4 is 5.32 Å². The topological polar surface area (TPSA) is 95.9 Å². The van der Waals surface area contributed by atoms with Gasteiger partial charge in [-0.1, -0.05) is 0 Å². The lowest BCUT2D eigenvalue weighted by Gasteiger charge is -2.21. The van der Waals surface area contributed by atoms with Gasteiger partial charge in [0.1, 0.15) is 19.0 Å². The molecular formula is C11H15F3N2O5. The van der Waals surface area contributed by atoms with Gasteiger partial charge >= 0.3 is 12.1 Å². The molecule has 1 heterocycles. The highest BCUT2D eigenvalue weighted by atomic mass is 19.4. The molecule has 0 bridgehead atoms. The van der Waals surface area contributed by atoms with Gasteiger partial charge in [-0.2, -0.15) is 13.2 Å². The third-order valence-corrected chi connectivity index (χ3v) is 3.00. The number of carbonyl (C=O) groups excluding carboxylic acids is 2. The number of alkyl halides is 3. The zero-order chi connectivity index (χ0) is 16.2. The van der Waals surface area contributed by atoms with Crippen molar-refractivity contribution in [2.24, 2.45) is 0 Å². The maximum Gasteiger partial charge on any atom is 0.405 e. The van der Waals surface area contributed by atoms with Crippen molar-refractivity contribution in [1.82, 2.24) is 10.2 Å². The highest BCUT2D eigenvalue weighted by Crippen LogP contribution is 2.21. The molecular weight excluding hydrogens is 297 g/mol. The quantitative estimate of drug-likeness (QED) is 0.683. The predicted octanol–water partition coefficient (Wildman–Crippen LogP) is -0.245. The van der Waals surface area contributed by atoms with Crippen LogP contribution >= 0.6 is 0 Å². The molecule has 21 heavy (non-hydrogen) atoms. The fourth-order valence-electron chi connectivity index (χ4n) is 1.98. The van der Waals surface area contributed by atoms with Gasteiger partial charge in [0.05, 0.1) is 6.10 Å². The number of likely N-dealkylation sites (tertiary alicyclic amines) is 1. The number of amides is 2. The van der Waals surface area contributed by atoms with Crippen LogP contribution in [0.25, 0.3) is 0 Å². The van der Waals surface area contributed by atoms with Crippen molar-refractivity contribution in [3.05, 3.63) is 0 Å². The summed E-state index contributed by atoms with van der Waals surface area (Å²) in [5, 5.41) is 10.5. The van der Waals surface area contributed by atoms with E-state index in [2.05, 4.69) is 0 Å². The number of halogens is 3. The Labute approximate surface area is 118 Å². The molecule has 1 aliphatic heterocycles. The number of aliphatic carboxylic acids is 1. The van der Waals surface area contributed by atoms with Gasteiger partial charge in [0, 0.05) is 20.1 Å². The molecule has 0 spiro atoms. The van der Waals surface area contributed by atoms with E-state index < -0.39 is 49.1 Å². The Morgan fingerprint density at radius 1 is 1.38 bits per heavy atom. The highest BCUT2D eigenvalue weighted by Gasteiger charge is 2.40. The zero-order valence-corrected chi connectivity index (χ0v) is 11.1. The number of rotatable bonds is 5. The van der Waals surface area contributed by atoms with E-state index in [1.807, 2.05) is 0 Å². The van der Waals surface area contributed by atoms with E-state index in [-0.39, 0.29) is 13.0 Å². The third kappa shape index (κ3) is 5.21. The smallest absolute Gasteiger partial charge is 0.405 e. The Kier molecular flexibility index (Phi) is 5.53. The minimum atomic E-state index is -4.57. The maximum atomic E-state index is 11.9. The van der Waals surface area contributed by atoms with E-state index in [4.69, 9.17) is 9.84 Å². The normalized spacial score (nSPS) is 22.2. The van der Waals surface area contributed by atoms with Crippen LogP contribution in [0.2, 0.25) is 0 Å². The lowest BCUT2D eigenvalue weighted by Crippen LogP contribution is -2.43. The number of nitrogens with zero attached hydrogens (tertiary/aromatic N) is 1. The third-order valence-electron chi connectivity index (χ3n) is 3.00. The number of methoxy groups -OCH3 is 1. The van der Waals surface area contributed by atoms with Crippen LogP contribution in [0.1, 0.15) is 12.8 Å². The number of ether oxygens (including phenoxy) is 1. The standard InChI is InChI=1S/C11H15F3N2O5/c1-21-6-2-7(10(19)20)16(4-6)9(18)3-8(17)15-5-11(12,13)14/h6-7H,2-5H2,1H3,(H,15,17)(H,19,20). The van der Waals surface area contributed by atoms with Crippen LogP contribution in [0.15, 0.2) is 0 Å². The molecule has 1 aliphatic rings. The number of nitrogens with one attached hydrogen (secondary N) is 1. The van der Waals surface area contributed by atoms with Gasteiger partial charge in [-0.25, -0.2) is 4.79 Å². The first-order valence-corrected chi connectivity index (χ1v) is 6.02. The van der Waals surface area contributed by atoms with Gasteiger partial charge in [0.2, 0.25) is 11.8 Å². The van der Waals surface area contributed by atoms with Crippen LogP contribution in [0, 0.1) is 0 Å². The van der Waals surface area contributed by atoms with E-state index in [9.17, 15) is 27.6 Å². The van der Waals surface area contributed by atoms with E-state index in [1.54, 1.807) is 5.32 Å². The van der Waals surface area contributed by atoms with E-state index in [1.165, 1.54) is 7.11 Å². The van der Waals surface area contributed by atoms with Gasteiger partial charge in [-0.15, -0.1) is 0 Å². The number of carboxylic acids is 1. The van der Waals surface area contributed by atoms with Crippen molar-refractivity contribution >= 4 is 17.8 Å². The minimum absolute atomic E-state index is 0.0150. The van der Waals surface area contributed by atoms with Gasteiger partial charge in [-0.3, -0.25) is 9.59 Å². The second-order valence-corrected chi connectivity index (χ2v) is 4.56. The van der Waals surface area contributed by atoms with E-state index in [0.29, 0.717) is 0 Å². The summed E-state index contributed by atoms with van der Waals surface area (Å²) in [5.74, 6) is -3.21. The molecule has 0 aromatic heterocycles. The summed E-state index contributed by atoms with van der Waals surface area (Å²) >= 11 is 0. The fourth-order valence-corrected chi connectivity index (χ4v) is 1.98. The lowest BCUT2D eigenvalue weighted by molar-refractivity contribution is -0.150. The molecule has 2 N–H and O–H groups in total. The van der Waals surface area contributed by atoms with Crippen LogP contribution in [-0.4, -0.2) is 66.3 Å². The van der Waals surface area contributed by atoms with E-state index >= 15 is 0 Å². The summed E-state index contributed by atoms with van der Waals surface area (Å²) in [6.07, 6.45) is -5.82. The number of carbonyl (C=O) groups is 3. The monoisotopic (exact) mass is 312 g/mol. The molecule has 1 fully saturated rings. The first kappa shape index (κ1) is 17.2. The molecule has 0 aromatic rings. The number of hydrogen-bond acceptors (Lipinski definition) is 4. The molecule has 0 radical (unpaired) electrons. The van der Waals surface area contributed by atoms with Crippen LogP contribution in [0.5, 0.6) is 0 Å². The molecule has 1 saturated heterocycles. The molecule has 120 valence electrons. The second kappa shape index (κ2) is 6.74. The summed E-state index contributed by atoms with van der Waals surface area (Å²) < 4.78 is 40.7. The summed E-state index contributed by atoms with van der Waals surface area (Å²) in [4.78, 5) is 35.0.